The number of alkyl halides is 3. The van der Waals surface area contributed by atoms with E-state index in [-0.39, 0.29) is 47.3 Å². The van der Waals surface area contributed by atoms with Crippen LogP contribution in [0.25, 0.3) is 0 Å². The van der Waals surface area contributed by atoms with Gasteiger partial charge in [0, 0.05) is 24.7 Å². The van der Waals surface area contributed by atoms with Crippen LogP contribution in [-0.4, -0.2) is 57.9 Å². The molecule has 0 atom stereocenters. The fourth-order valence-corrected chi connectivity index (χ4v) is 6.71. The van der Waals surface area contributed by atoms with E-state index in [2.05, 4.69) is 0 Å². The van der Waals surface area contributed by atoms with Gasteiger partial charge in [0.05, 0.1) is 10.5 Å². The molecule has 1 aromatic carbocycles. The lowest BCUT2D eigenvalue weighted by Gasteiger charge is -2.41. The van der Waals surface area contributed by atoms with Crippen LogP contribution >= 0.6 is 11.6 Å². The molecule has 14 heteroatoms. The van der Waals surface area contributed by atoms with E-state index in [1.165, 1.54) is 18.2 Å². The summed E-state index contributed by atoms with van der Waals surface area (Å²) in [4.78, 5) is 12.4. The molecule has 8 nitrogen and oxygen atoms in total. The van der Waals surface area contributed by atoms with E-state index in [0.29, 0.717) is 6.42 Å². The van der Waals surface area contributed by atoms with Crippen LogP contribution in [-0.2, 0) is 24.8 Å². The van der Waals surface area contributed by atoms with Gasteiger partial charge in [0.25, 0.3) is 0 Å². The second-order valence-corrected chi connectivity index (χ2v) is 14.6. The van der Waals surface area contributed by atoms with Gasteiger partial charge in [-0.15, -0.1) is 0 Å². The Kier molecular flexibility index (Phi) is 8.14. The predicted molar refractivity (Wildman–Crippen MR) is 127 cm³/mol. The minimum atomic E-state index is -5.52. The molecule has 0 amide bonds. The van der Waals surface area contributed by atoms with Crippen molar-refractivity contribution < 1.29 is 39.5 Å². The number of esters is 1. The highest BCUT2D eigenvalue weighted by molar-refractivity contribution is 7.90. The minimum absolute atomic E-state index is 0.0425. The van der Waals surface area contributed by atoms with Crippen molar-refractivity contribution in [2.45, 2.75) is 68.9 Å². The van der Waals surface area contributed by atoms with Crippen LogP contribution in [0.3, 0.4) is 0 Å². The largest absolute Gasteiger partial charge is 0.511 e. The van der Waals surface area contributed by atoms with Crippen molar-refractivity contribution in [3.63, 3.8) is 0 Å². The highest BCUT2D eigenvalue weighted by Gasteiger charge is 2.48. The predicted octanol–water partition coefficient (Wildman–Crippen LogP) is 4.31. The molecule has 1 aromatic rings. The third-order valence-corrected chi connectivity index (χ3v) is 9.65. The van der Waals surface area contributed by atoms with Gasteiger partial charge in [0.1, 0.15) is 5.60 Å². The van der Waals surface area contributed by atoms with E-state index in [4.69, 9.17) is 16.3 Å². The number of nitrogens with one attached hydrogen (secondary N) is 1. The number of ether oxygens (including phenoxy) is 1. The van der Waals surface area contributed by atoms with E-state index >= 15 is 0 Å². The minimum Gasteiger partial charge on any atom is -0.456 e. The van der Waals surface area contributed by atoms with Gasteiger partial charge in [-0.2, -0.15) is 17.5 Å². The monoisotopic (exact) mass is 574 g/mol. The number of piperidine rings is 1. The average molecular weight is 575 g/mol. The summed E-state index contributed by atoms with van der Waals surface area (Å²) in [6.07, 6.45) is 2.64. The lowest BCUT2D eigenvalue weighted by Crippen LogP contribution is -2.49. The Bertz CT molecular complexity index is 1200. The Morgan fingerprint density at radius 1 is 1.14 bits per heavy atom. The molecule has 0 unspecified atom stereocenters. The summed E-state index contributed by atoms with van der Waals surface area (Å²) in [6.45, 7) is 4.41. The summed E-state index contributed by atoms with van der Waals surface area (Å²) in [5.74, 6) is -0.580. The van der Waals surface area contributed by atoms with Crippen LogP contribution in [0, 0.1) is 11.3 Å². The Balaban J connectivity index is 1.82. The molecule has 0 bridgehead atoms. The van der Waals surface area contributed by atoms with Crippen LogP contribution in [0.2, 0.25) is 5.02 Å². The van der Waals surface area contributed by atoms with Gasteiger partial charge in [-0.1, -0.05) is 24.4 Å². The van der Waals surface area contributed by atoms with Gasteiger partial charge >= 0.3 is 21.5 Å². The SMILES string of the molecule is CC(C)(C)OC(=O)c1cc(Cl)ccc1S(=O)(=O)N1CCC(CNS(=O)(=O)C(F)(F)F)(CC2CC2)CC1. The van der Waals surface area contributed by atoms with Crippen molar-refractivity contribution in [3.05, 3.63) is 28.8 Å². The molecule has 1 saturated carbocycles. The van der Waals surface area contributed by atoms with E-state index in [1.54, 1.807) is 25.5 Å². The normalized spacial score (nSPS) is 19.8. The Labute approximate surface area is 214 Å². The fraction of sp³-hybridized carbons (Fsp3) is 0.682. The molecule has 1 aliphatic carbocycles. The number of nitrogens with zero attached hydrogens (tertiary/aromatic N) is 1. The maximum Gasteiger partial charge on any atom is 0.511 e. The standard InChI is InChI=1S/C22H30ClF3N2O6S2/c1-20(2,3)34-19(29)17-12-16(23)6-7-18(17)35(30,31)28-10-8-21(9-11-28,13-15-4-5-15)14-27-36(32,33)22(24,25)26/h6-7,12,15,27H,4-5,8-11,13-14H2,1-3H3. The number of halogens is 4. The second kappa shape index (κ2) is 10.0. The van der Waals surface area contributed by atoms with Crippen LogP contribution in [0.5, 0.6) is 0 Å². The second-order valence-electron chi connectivity index (χ2n) is 10.5. The van der Waals surface area contributed by atoms with Gasteiger partial charge < -0.3 is 4.74 Å². The molecular formula is C22H30ClF3N2O6S2. The number of hydrogen-bond donors (Lipinski definition) is 1. The van der Waals surface area contributed by atoms with Crippen LogP contribution in [0.1, 0.15) is 63.2 Å². The molecule has 2 aliphatic rings. The third-order valence-electron chi connectivity index (χ3n) is 6.32. The van der Waals surface area contributed by atoms with Crippen LogP contribution in [0.15, 0.2) is 23.1 Å². The van der Waals surface area contributed by atoms with Crippen LogP contribution < -0.4 is 4.72 Å². The first kappa shape index (κ1) is 29.2. The third kappa shape index (κ3) is 6.91. The summed E-state index contributed by atoms with van der Waals surface area (Å²) in [5.41, 5.74) is -7.33. The summed E-state index contributed by atoms with van der Waals surface area (Å²) >= 11 is 6.01. The molecule has 2 fully saturated rings. The first-order valence-corrected chi connectivity index (χ1v) is 14.7. The number of carbonyl (C=O) groups is 1. The van der Waals surface area contributed by atoms with Crippen LogP contribution in [0.4, 0.5) is 13.2 Å². The van der Waals surface area contributed by atoms with E-state index < -0.39 is 49.1 Å². The van der Waals surface area contributed by atoms with Crippen molar-refractivity contribution in [2.75, 3.05) is 19.6 Å². The summed E-state index contributed by atoms with van der Waals surface area (Å²) in [5, 5.41) is 0.147. The lowest BCUT2D eigenvalue weighted by molar-refractivity contribution is -0.0452. The number of carbonyl (C=O) groups excluding carboxylic acids is 1. The van der Waals surface area contributed by atoms with Gasteiger partial charge in [-0.3, -0.25) is 0 Å². The zero-order chi connectivity index (χ0) is 27.2. The van der Waals surface area contributed by atoms with Gasteiger partial charge in [-0.25, -0.2) is 26.4 Å². The molecule has 204 valence electrons. The Morgan fingerprint density at radius 3 is 2.22 bits per heavy atom. The molecule has 36 heavy (non-hydrogen) atoms. The molecule has 1 aliphatic heterocycles. The van der Waals surface area contributed by atoms with E-state index in [0.717, 1.165) is 17.1 Å². The first-order valence-electron chi connectivity index (χ1n) is 11.4. The van der Waals surface area contributed by atoms with Crippen molar-refractivity contribution in [1.29, 1.82) is 0 Å². The maximum absolute atomic E-state index is 13.5. The first-order chi connectivity index (χ1) is 16.4. The zero-order valence-corrected chi connectivity index (χ0v) is 22.6. The Morgan fingerprint density at radius 2 is 1.72 bits per heavy atom. The number of rotatable bonds is 8. The fourth-order valence-electron chi connectivity index (χ4n) is 4.28. The molecule has 0 radical (unpaired) electrons. The average Bonchev–Trinajstić information content (AvgIpc) is 3.54. The maximum atomic E-state index is 13.5. The van der Waals surface area contributed by atoms with Crippen molar-refractivity contribution in [1.82, 2.24) is 9.03 Å². The highest BCUT2D eigenvalue weighted by atomic mass is 35.5. The molecule has 3 rings (SSSR count). The smallest absolute Gasteiger partial charge is 0.456 e. The number of sulfonamides is 2. The summed E-state index contributed by atoms with van der Waals surface area (Å²) < 4.78 is 96.9. The zero-order valence-electron chi connectivity index (χ0n) is 20.2. The van der Waals surface area contributed by atoms with E-state index in [1.807, 2.05) is 0 Å². The topological polar surface area (TPSA) is 110 Å². The van der Waals surface area contributed by atoms with Gasteiger partial charge in [0.2, 0.25) is 10.0 Å². The van der Waals surface area contributed by atoms with Gasteiger partial charge in [0.15, 0.2) is 0 Å². The summed E-state index contributed by atoms with van der Waals surface area (Å²) in [6, 6.07) is 3.78. The number of benzene rings is 1. The van der Waals surface area contributed by atoms with Crippen molar-refractivity contribution >= 4 is 37.6 Å². The van der Waals surface area contributed by atoms with Crippen molar-refractivity contribution in [2.24, 2.45) is 11.3 Å². The molecule has 0 spiro atoms. The molecule has 1 heterocycles. The van der Waals surface area contributed by atoms with Crippen molar-refractivity contribution in [3.8, 4) is 0 Å². The molecule has 0 aromatic heterocycles. The molecule has 1 N–H and O–H groups in total. The molecular weight excluding hydrogens is 545 g/mol. The Hall–Kier alpha value is -1.41. The lowest BCUT2D eigenvalue weighted by atomic mass is 9.75. The summed E-state index contributed by atoms with van der Waals surface area (Å²) in [7, 11) is -9.70. The van der Waals surface area contributed by atoms with Gasteiger partial charge in [-0.05, 0) is 69.6 Å². The highest BCUT2D eigenvalue weighted by Crippen LogP contribution is 2.46. The quantitative estimate of drug-likeness (QED) is 0.464. The number of hydrogen-bond acceptors (Lipinski definition) is 6. The molecule has 1 saturated heterocycles. The van der Waals surface area contributed by atoms with E-state index in [9.17, 15) is 34.8 Å².